The van der Waals surface area contributed by atoms with E-state index in [0.29, 0.717) is 23.3 Å². The molecule has 3 aromatic carbocycles. The zero-order valence-corrected chi connectivity index (χ0v) is 21.7. The van der Waals surface area contributed by atoms with Crippen molar-refractivity contribution in [3.63, 3.8) is 0 Å². The van der Waals surface area contributed by atoms with E-state index in [9.17, 15) is 4.39 Å². The molecule has 35 heavy (non-hydrogen) atoms. The maximum Gasteiger partial charge on any atom is 0.135 e. The van der Waals surface area contributed by atoms with Gasteiger partial charge < -0.3 is 14.5 Å². The number of benzene rings is 3. The van der Waals surface area contributed by atoms with Gasteiger partial charge in [0.05, 0.1) is 12.7 Å². The summed E-state index contributed by atoms with van der Waals surface area (Å²) in [6.45, 7) is 3.30. The maximum absolute atomic E-state index is 13.7. The van der Waals surface area contributed by atoms with Crippen LogP contribution in [-0.4, -0.2) is 28.6 Å². The molecule has 0 spiro atoms. The number of nitrogens with zero attached hydrogens (tertiary/aromatic N) is 2. The van der Waals surface area contributed by atoms with Gasteiger partial charge in [0.2, 0.25) is 0 Å². The van der Waals surface area contributed by atoms with Crippen molar-refractivity contribution >= 4 is 34.8 Å². The van der Waals surface area contributed by atoms with Crippen LogP contribution in [0.25, 0.3) is 0 Å². The quantitative estimate of drug-likeness (QED) is 0.148. The van der Waals surface area contributed by atoms with Gasteiger partial charge in [-0.2, -0.15) is 0 Å². The highest BCUT2D eigenvalue weighted by Gasteiger charge is 2.32. The maximum atomic E-state index is 13.7. The van der Waals surface area contributed by atoms with Crippen LogP contribution in [0.3, 0.4) is 0 Å². The van der Waals surface area contributed by atoms with Crippen LogP contribution in [0, 0.1) is 5.82 Å². The van der Waals surface area contributed by atoms with Crippen LogP contribution in [0.5, 0.6) is 0 Å². The van der Waals surface area contributed by atoms with Gasteiger partial charge in [0.25, 0.3) is 0 Å². The lowest BCUT2D eigenvalue weighted by atomic mass is 9.97. The Morgan fingerprint density at radius 3 is 1.89 bits per heavy atom. The zero-order chi connectivity index (χ0) is 24.8. The third-order valence-corrected chi connectivity index (χ3v) is 7.02. The number of rotatable bonds is 10. The van der Waals surface area contributed by atoms with Gasteiger partial charge in [-0.3, -0.25) is 0 Å². The molecule has 1 aliphatic heterocycles. The molecule has 3 atom stereocenters. The molecule has 0 aliphatic carbocycles. The molecule has 0 saturated heterocycles. The van der Waals surface area contributed by atoms with Crippen molar-refractivity contribution in [1.29, 1.82) is 0 Å². The lowest BCUT2D eigenvalue weighted by Gasteiger charge is -2.34. The second-order valence-electron chi connectivity index (χ2n) is 8.54. The molecule has 0 radical (unpaired) electrons. The summed E-state index contributed by atoms with van der Waals surface area (Å²) >= 11 is 19.3. The molecule has 1 heterocycles. The van der Waals surface area contributed by atoms with E-state index in [-0.39, 0.29) is 18.0 Å². The first kappa shape index (κ1) is 25.8. The second kappa shape index (κ2) is 12.1. The van der Waals surface area contributed by atoms with Gasteiger partial charge in [-0.1, -0.05) is 84.5 Å². The van der Waals surface area contributed by atoms with Crippen molar-refractivity contribution in [2.45, 2.75) is 37.4 Å². The summed E-state index contributed by atoms with van der Waals surface area (Å²) in [7, 11) is 0. The van der Waals surface area contributed by atoms with Gasteiger partial charge in [-0.05, 0) is 59.5 Å². The first-order valence-electron chi connectivity index (χ1n) is 11.7. The summed E-state index contributed by atoms with van der Waals surface area (Å²) in [5.41, 5.74) is 2.56. The highest BCUT2D eigenvalue weighted by molar-refractivity contribution is 6.30. The molecular weight excluding hydrogens is 506 g/mol. The summed E-state index contributed by atoms with van der Waals surface area (Å²) in [5, 5.41) is 1.34. The molecule has 7 heteroatoms. The summed E-state index contributed by atoms with van der Waals surface area (Å²) in [6.07, 6.45) is 5.67. The highest BCUT2D eigenvalue weighted by Crippen LogP contribution is 2.36. The molecule has 0 saturated carbocycles. The standard InChI is InChI=1S/C28H28Cl3FN2O/c1-2-3-18-35-27(22-6-12-24(30)13-7-22)28(31)34-17-16-33(19-34)26(20-4-10-23(29)11-5-20)21-8-14-25(32)15-9-21/h4-17,26-28H,2-3,18-19H2,1H3. The Balaban J connectivity index is 1.57. The normalized spacial score (nSPS) is 15.9. The van der Waals surface area contributed by atoms with E-state index in [2.05, 4.69) is 16.7 Å². The molecule has 0 aromatic heterocycles. The average Bonchev–Trinajstić information content (AvgIpc) is 3.35. The highest BCUT2D eigenvalue weighted by atomic mass is 35.5. The Morgan fingerprint density at radius 1 is 0.800 bits per heavy atom. The summed E-state index contributed by atoms with van der Waals surface area (Å²) in [4.78, 5) is 4.23. The second-order valence-corrected chi connectivity index (χ2v) is 9.86. The number of unbranched alkanes of at least 4 members (excludes halogenated alkanes) is 1. The van der Waals surface area contributed by atoms with E-state index in [0.717, 1.165) is 29.5 Å². The van der Waals surface area contributed by atoms with E-state index in [1.165, 1.54) is 12.1 Å². The van der Waals surface area contributed by atoms with Crippen LogP contribution >= 0.6 is 34.8 Å². The fraction of sp³-hybridized carbons (Fsp3) is 0.286. The average molecular weight is 534 g/mol. The topological polar surface area (TPSA) is 15.7 Å². The molecule has 3 aromatic rings. The Bertz CT molecular complexity index is 1060. The third kappa shape index (κ3) is 6.50. The largest absolute Gasteiger partial charge is 0.370 e. The van der Waals surface area contributed by atoms with Crippen LogP contribution in [0.2, 0.25) is 10.0 Å². The first-order chi connectivity index (χ1) is 17.0. The van der Waals surface area contributed by atoms with Crippen LogP contribution in [0.15, 0.2) is 85.2 Å². The summed E-state index contributed by atoms with van der Waals surface area (Å²) in [6, 6.07) is 21.8. The number of halogens is 4. The Kier molecular flexibility index (Phi) is 8.96. The van der Waals surface area contributed by atoms with Gasteiger partial charge in [0.15, 0.2) is 0 Å². The van der Waals surface area contributed by atoms with Crippen molar-refractivity contribution in [2.75, 3.05) is 13.3 Å². The Morgan fingerprint density at radius 2 is 1.31 bits per heavy atom. The van der Waals surface area contributed by atoms with Gasteiger partial charge >= 0.3 is 0 Å². The minimum atomic E-state index is -0.437. The number of alkyl halides is 1. The number of hydrogen-bond acceptors (Lipinski definition) is 3. The summed E-state index contributed by atoms with van der Waals surface area (Å²) in [5.74, 6) is -0.266. The van der Waals surface area contributed by atoms with Gasteiger partial charge in [-0.25, -0.2) is 4.39 Å². The molecule has 184 valence electrons. The van der Waals surface area contributed by atoms with Gasteiger partial charge in [0, 0.05) is 29.1 Å². The lowest BCUT2D eigenvalue weighted by molar-refractivity contribution is 0.0152. The molecule has 3 nitrogen and oxygen atoms in total. The van der Waals surface area contributed by atoms with Crippen LogP contribution in [0.1, 0.15) is 48.6 Å². The van der Waals surface area contributed by atoms with Crippen molar-refractivity contribution < 1.29 is 9.13 Å². The molecule has 0 bridgehead atoms. The van der Waals surface area contributed by atoms with E-state index in [4.69, 9.17) is 39.5 Å². The zero-order valence-electron chi connectivity index (χ0n) is 19.5. The minimum Gasteiger partial charge on any atom is -0.370 e. The fourth-order valence-corrected chi connectivity index (χ4v) is 4.76. The van der Waals surface area contributed by atoms with Gasteiger partial charge in [-0.15, -0.1) is 0 Å². The van der Waals surface area contributed by atoms with E-state index in [1.807, 2.05) is 73.1 Å². The SMILES string of the molecule is CCCCOC(c1ccc(Cl)cc1)C(Cl)N1C=CN(C(c2ccc(F)cc2)c2ccc(Cl)cc2)C1. The monoisotopic (exact) mass is 532 g/mol. The summed E-state index contributed by atoms with van der Waals surface area (Å²) < 4.78 is 19.9. The lowest BCUT2D eigenvalue weighted by Crippen LogP contribution is -2.37. The van der Waals surface area contributed by atoms with Crippen LogP contribution in [0.4, 0.5) is 4.39 Å². The number of ether oxygens (including phenoxy) is 1. The van der Waals surface area contributed by atoms with Crippen molar-refractivity contribution in [2.24, 2.45) is 0 Å². The predicted octanol–water partition coefficient (Wildman–Crippen LogP) is 8.39. The van der Waals surface area contributed by atoms with E-state index in [1.54, 1.807) is 0 Å². The smallest absolute Gasteiger partial charge is 0.135 e. The Labute approximate surface area is 221 Å². The van der Waals surface area contributed by atoms with E-state index >= 15 is 0 Å². The van der Waals surface area contributed by atoms with Crippen molar-refractivity contribution in [1.82, 2.24) is 9.80 Å². The van der Waals surface area contributed by atoms with Gasteiger partial charge in [0.1, 0.15) is 17.4 Å². The molecule has 4 rings (SSSR count). The van der Waals surface area contributed by atoms with Crippen molar-refractivity contribution in [3.8, 4) is 0 Å². The molecule has 0 N–H and O–H groups in total. The third-order valence-electron chi connectivity index (χ3n) is 6.04. The van der Waals surface area contributed by atoms with E-state index < -0.39 is 5.50 Å². The Hall–Kier alpha value is -2.24. The van der Waals surface area contributed by atoms with Crippen LogP contribution in [-0.2, 0) is 4.74 Å². The first-order valence-corrected chi connectivity index (χ1v) is 12.9. The predicted molar refractivity (Wildman–Crippen MR) is 142 cm³/mol. The van der Waals surface area contributed by atoms with Crippen molar-refractivity contribution in [3.05, 3.63) is 118 Å². The fourth-order valence-electron chi connectivity index (χ4n) is 4.16. The molecule has 0 amide bonds. The molecule has 3 unspecified atom stereocenters. The van der Waals surface area contributed by atoms with Crippen LogP contribution < -0.4 is 0 Å². The molecule has 0 fully saturated rings. The molecule has 1 aliphatic rings. The number of hydrogen-bond donors (Lipinski definition) is 0. The minimum absolute atomic E-state index is 0.132. The molecular formula is C28H28Cl3FN2O.